The zero-order valence-corrected chi connectivity index (χ0v) is 19.3. The van der Waals surface area contributed by atoms with Crippen LogP contribution in [0.5, 0.6) is 11.5 Å². The third kappa shape index (κ3) is 6.05. The van der Waals surface area contributed by atoms with E-state index in [4.69, 9.17) is 14.2 Å². The summed E-state index contributed by atoms with van der Waals surface area (Å²) < 4.78 is 17.6. The van der Waals surface area contributed by atoms with E-state index in [-0.39, 0.29) is 17.4 Å². The highest BCUT2D eigenvalue weighted by atomic mass is 16.6. The Kier molecular flexibility index (Phi) is 6.43. The number of ether oxygens (including phenoxy) is 3. The van der Waals surface area contributed by atoms with Crippen LogP contribution in [-0.2, 0) is 4.74 Å². The number of benzene rings is 2. The van der Waals surface area contributed by atoms with Crippen LogP contribution in [0.1, 0.15) is 55.1 Å². The third-order valence-corrected chi connectivity index (χ3v) is 5.33. The van der Waals surface area contributed by atoms with Crippen molar-refractivity contribution in [2.75, 3.05) is 25.1 Å². The lowest BCUT2D eigenvalue weighted by Gasteiger charge is -2.26. The van der Waals surface area contributed by atoms with E-state index < -0.39 is 0 Å². The van der Waals surface area contributed by atoms with Gasteiger partial charge in [-0.2, -0.15) is 0 Å². The first-order valence-corrected chi connectivity index (χ1v) is 11.2. The van der Waals surface area contributed by atoms with E-state index in [1.54, 1.807) is 6.07 Å². The quantitative estimate of drug-likeness (QED) is 0.636. The molecule has 0 bridgehead atoms. The highest BCUT2D eigenvalue weighted by Crippen LogP contribution is 2.35. The smallest absolute Gasteiger partial charge is 0.255 e. The fraction of sp³-hybridized carbons (Fsp3) is 0.444. The van der Waals surface area contributed by atoms with Gasteiger partial charge in [-0.3, -0.25) is 4.79 Å². The maximum Gasteiger partial charge on any atom is 0.255 e. The fourth-order valence-corrected chi connectivity index (χ4v) is 3.38. The summed E-state index contributed by atoms with van der Waals surface area (Å²) in [5.41, 5.74) is 3.01. The minimum atomic E-state index is -0.166. The number of nitrogens with one attached hydrogen (secondary N) is 1. The van der Waals surface area contributed by atoms with Crippen molar-refractivity contribution < 1.29 is 19.0 Å². The van der Waals surface area contributed by atoms with Crippen molar-refractivity contribution in [1.29, 1.82) is 0 Å². The molecule has 0 radical (unpaired) electrons. The number of amides is 1. The summed E-state index contributed by atoms with van der Waals surface area (Å²) >= 11 is 0. The van der Waals surface area contributed by atoms with E-state index in [1.165, 1.54) is 12.8 Å². The van der Waals surface area contributed by atoms with Gasteiger partial charge in [0.05, 0.1) is 6.61 Å². The van der Waals surface area contributed by atoms with E-state index >= 15 is 0 Å². The van der Waals surface area contributed by atoms with Gasteiger partial charge in [-0.15, -0.1) is 0 Å². The molecular weight excluding hydrogens is 402 g/mol. The molecule has 1 unspecified atom stereocenters. The average molecular weight is 434 g/mol. The maximum atomic E-state index is 12.8. The predicted molar refractivity (Wildman–Crippen MR) is 125 cm³/mol. The largest absolute Gasteiger partial charge is 0.486 e. The van der Waals surface area contributed by atoms with Crippen molar-refractivity contribution in [1.82, 2.24) is 0 Å². The van der Waals surface area contributed by atoms with Gasteiger partial charge in [0.15, 0.2) is 17.6 Å². The molecule has 0 saturated heterocycles. The van der Waals surface area contributed by atoms with Gasteiger partial charge < -0.3 is 19.5 Å². The monoisotopic (exact) mass is 433 g/mol. The summed E-state index contributed by atoms with van der Waals surface area (Å²) in [7, 11) is 0. The Morgan fingerprint density at radius 3 is 2.66 bits per heavy atom. The van der Waals surface area contributed by atoms with Crippen LogP contribution in [0.2, 0.25) is 0 Å². The summed E-state index contributed by atoms with van der Waals surface area (Å²) in [5.74, 6) is 8.27. The number of aryl methyl sites for hydroxylation is 1. The van der Waals surface area contributed by atoms with Crippen LogP contribution >= 0.6 is 0 Å². The van der Waals surface area contributed by atoms with E-state index in [1.807, 2.05) is 37.3 Å². The molecule has 1 heterocycles. The molecular formula is C27H31NO4. The van der Waals surface area contributed by atoms with Crippen LogP contribution < -0.4 is 14.8 Å². The molecule has 0 spiro atoms. The zero-order valence-electron chi connectivity index (χ0n) is 19.3. The molecule has 0 aromatic heterocycles. The van der Waals surface area contributed by atoms with E-state index in [9.17, 15) is 4.79 Å². The summed E-state index contributed by atoms with van der Waals surface area (Å²) in [6.45, 7) is 9.92. The molecule has 1 fully saturated rings. The number of carbonyl (C=O) groups excluding carboxylic acids is 1. The molecule has 4 rings (SSSR count). The Balaban J connectivity index is 1.37. The Bertz CT molecular complexity index is 1050. The number of rotatable bonds is 6. The summed E-state index contributed by atoms with van der Waals surface area (Å²) in [6.07, 6.45) is 2.44. The van der Waals surface area contributed by atoms with Crippen molar-refractivity contribution in [2.24, 2.45) is 11.3 Å². The van der Waals surface area contributed by atoms with Gasteiger partial charge in [-0.1, -0.05) is 11.8 Å². The predicted octanol–water partition coefficient (Wildman–Crippen LogP) is 5.21. The summed E-state index contributed by atoms with van der Waals surface area (Å²) in [5, 5.41) is 2.95. The first-order chi connectivity index (χ1) is 15.3. The highest BCUT2D eigenvalue weighted by Gasteiger charge is 2.25. The molecule has 2 aromatic carbocycles. The molecule has 1 aliphatic heterocycles. The maximum absolute atomic E-state index is 12.8. The van der Waals surface area contributed by atoms with Crippen LogP contribution in [-0.4, -0.2) is 31.8 Å². The van der Waals surface area contributed by atoms with Gasteiger partial charge in [-0.05, 0) is 82.3 Å². The standard InChI is InChI=1S/C27H31NO4/c1-18-13-19(11-12-27(2,3)4)7-9-23(18)26(29)28-21-8-10-24-25(14-21)31-17-22(32-24)16-30-15-20-5-6-20/h7-10,13-14,20,22H,5-6,15-17H2,1-4H3,(H,28,29). The lowest BCUT2D eigenvalue weighted by Crippen LogP contribution is -2.33. The van der Waals surface area contributed by atoms with Gasteiger partial charge >= 0.3 is 0 Å². The molecule has 2 aliphatic rings. The highest BCUT2D eigenvalue weighted by molar-refractivity contribution is 6.05. The minimum Gasteiger partial charge on any atom is -0.486 e. The van der Waals surface area contributed by atoms with Crippen LogP contribution in [0.15, 0.2) is 36.4 Å². The van der Waals surface area contributed by atoms with Crippen LogP contribution in [0.3, 0.4) is 0 Å². The van der Waals surface area contributed by atoms with Crippen molar-refractivity contribution in [3.63, 3.8) is 0 Å². The van der Waals surface area contributed by atoms with Crippen LogP contribution in [0, 0.1) is 30.1 Å². The summed E-state index contributed by atoms with van der Waals surface area (Å²) in [6, 6.07) is 11.1. The summed E-state index contributed by atoms with van der Waals surface area (Å²) in [4.78, 5) is 12.8. The molecule has 1 saturated carbocycles. The Hall–Kier alpha value is -2.97. The number of fused-ring (bicyclic) bond motifs is 1. The topological polar surface area (TPSA) is 56.8 Å². The van der Waals surface area contributed by atoms with Gasteiger partial charge in [-0.25, -0.2) is 0 Å². The Labute approximate surface area is 190 Å². The average Bonchev–Trinajstić information content (AvgIpc) is 3.56. The Morgan fingerprint density at radius 1 is 1.12 bits per heavy atom. The van der Waals surface area contributed by atoms with E-state index in [0.29, 0.717) is 36.0 Å². The first-order valence-electron chi connectivity index (χ1n) is 11.2. The van der Waals surface area contributed by atoms with Crippen LogP contribution in [0.4, 0.5) is 5.69 Å². The number of hydrogen-bond acceptors (Lipinski definition) is 4. The van der Waals surface area contributed by atoms with E-state index in [0.717, 1.165) is 23.7 Å². The second-order valence-corrected chi connectivity index (χ2v) is 9.68. The normalized spacial score (nSPS) is 17.3. The van der Waals surface area contributed by atoms with Gasteiger partial charge in [0.25, 0.3) is 5.91 Å². The van der Waals surface area contributed by atoms with Gasteiger partial charge in [0.2, 0.25) is 0 Å². The van der Waals surface area contributed by atoms with Gasteiger partial charge in [0, 0.05) is 34.9 Å². The molecule has 5 heteroatoms. The van der Waals surface area contributed by atoms with Crippen molar-refractivity contribution >= 4 is 11.6 Å². The number of hydrogen-bond donors (Lipinski definition) is 1. The fourth-order valence-electron chi connectivity index (χ4n) is 3.38. The SMILES string of the molecule is Cc1cc(C#CC(C)(C)C)ccc1C(=O)Nc1ccc2c(c1)OCC(COCC1CC1)O2. The lowest BCUT2D eigenvalue weighted by atomic mass is 9.97. The lowest BCUT2D eigenvalue weighted by molar-refractivity contribution is 0.00576. The molecule has 1 amide bonds. The van der Waals surface area contributed by atoms with Crippen molar-refractivity contribution in [3.05, 3.63) is 53.1 Å². The molecule has 5 nitrogen and oxygen atoms in total. The molecule has 1 atom stereocenters. The molecule has 168 valence electrons. The minimum absolute atomic E-state index is 0.0637. The van der Waals surface area contributed by atoms with Gasteiger partial charge in [0.1, 0.15) is 6.61 Å². The third-order valence-electron chi connectivity index (χ3n) is 5.33. The van der Waals surface area contributed by atoms with Crippen molar-refractivity contribution in [2.45, 2.75) is 46.6 Å². The molecule has 2 aromatic rings. The zero-order chi connectivity index (χ0) is 22.7. The van der Waals surface area contributed by atoms with Crippen molar-refractivity contribution in [3.8, 4) is 23.3 Å². The molecule has 1 N–H and O–H groups in total. The molecule has 1 aliphatic carbocycles. The first kappa shape index (κ1) is 22.2. The second-order valence-electron chi connectivity index (χ2n) is 9.68. The number of anilines is 1. The Morgan fingerprint density at radius 2 is 1.94 bits per heavy atom. The second kappa shape index (κ2) is 9.26. The molecule has 32 heavy (non-hydrogen) atoms. The number of carbonyl (C=O) groups is 1. The van der Waals surface area contributed by atoms with E-state index in [2.05, 4.69) is 37.9 Å². The van der Waals surface area contributed by atoms with Crippen LogP contribution in [0.25, 0.3) is 0 Å².